The van der Waals surface area contributed by atoms with Crippen molar-refractivity contribution < 1.29 is 13.2 Å². The fraction of sp³-hybridized carbons (Fsp3) is 0.545. The highest BCUT2D eigenvalue weighted by Gasteiger charge is 2.35. The van der Waals surface area contributed by atoms with Gasteiger partial charge in [0, 0.05) is 30.6 Å². The van der Waals surface area contributed by atoms with Crippen LogP contribution in [0.25, 0.3) is 4.91 Å². The zero-order valence-electron chi connectivity index (χ0n) is 17.1. The first-order valence-electron chi connectivity index (χ1n) is 10.5. The Morgan fingerprint density at radius 3 is 2.28 bits per heavy atom. The van der Waals surface area contributed by atoms with Gasteiger partial charge in [-0.05, 0) is 45.1 Å². The zero-order chi connectivity index (χ0) is 20.6. The molecule has 0 atom stereocenters. The molecule has 1 saturated carbocycles. The number of hydrogen-bond acceptors (Lipinski definition) is 4. The molecule has 1 N–H and O–H groups in total. The van der Waals surface area contributed by atoms with Crippen LogP contribution in [0.3, 0.4) is 0 Å². The topological polar surface area (TPSA) is 78.8 Å². The molecule has 2 heterocycles. The van der Waals surface area contributed by atoms with Crippen LogP contribution in [-0.2, 0) is 14.8 Å². The summed E-state index contributed by atoms with van der Waals surface area (Å²) in [6.45, 7) is 5.21. The molecule has 7 heteroatoms. The minimum absolute atomic E-state index is 0.166. The summed E-state index contributed by atoms with van der Waals surface area (Å²) in [5.41, 5.74) is 2.48. The van der Waals surface area contributed by atoms with E-state index in [1.807, 2.05) is 43.0 Å². The average molecular weight is 416 g/mol. The predicted molar refractivity (Wildman–Crippen MR) is 115 cm³/mol. The van der Waals surface area contributed by atoms with Crippen LogP contribution < -0.4 is 5.32 Å². The number of piperidine rings is 1. The number of hydrogen-bond donors (Lipinski definition) is 1. The first-order valence-corrected chi connectivity index (χ1v) is 12.0. The summed E-state index contributed by atoms with van der Waals surface area (Å²) >= 11 is 0. The third-order valence-electron chi connectivity index (χ3n) is 6.32. The summed E-state index contributed by atoms with van der Waals surface area (Å²) < 4.78 is 29.6. The molecule has 2 aliphatic heterocycles. The van der Waals surface area contributed by atoms with Crippen molar-refractivity contribution in [3.8, 4) is 0 Å². The number of carbonyl (C=O) groups excluding carboxylic acids is 1. The number of amidine groups is 1. The van der Waals surface area contributed by atoms with Crippen LogP contribution in [0.2, 0.25) is 0 Å². The minimum Gasteiger partial charge on any atom is -0.356 e. The second-order valence-electron chi connectivity index (χ2n) is 8.46. The number of carbonyl (C=O) groups is 1. The van der Waals surface area contributed by atoms with E-state index < -0.39 is 10.0 Å². The molecule has 2 fully saturated rings. The van der Waals surface area contributed by atoms with Crippen molar-refractivity contribution in [3.63, 3.8) is 0 Å². The van der Waals surface area contributed by atoms with Gasteiger partial charge in [-0.2, -0.15) is 8.42 Å². The highest BCUT2D eigenvalue weighted by atomic mass is 32.2. The van der Waals surface area contributed by atoms with Gasteiger partial charge in [-0.1, -0.05) is 42.7 Å². The zero-order valence-corrected chi connectivity index (χ0v) is 18.0. The lowest BCUT2D eigenvalue weighted by Gasteiger charge is -2.34. The molecule has 1 saturated heterocycles. The number of rotatable bonds is 3. The Morgan fingerprint density at radius 2 is 1.66 bits per heavy atom. The van der Waals surface area contributed by atoms with E-state index in [4.69, 9.17) is 0 Å². The highest BCUT2D eigenvalue weighted by Crippen LogP contribution is 2.34. The molecule has 1 aromatic carbocycles. The van der Waals surface area contributed by atoms with Gasteiger partial charge in [-0.15, -0.1) is 4.40 Å². The Bertz CT molecular complexity index is 950. The van der Waals surface area contributed by atoms with Crippen molar-refractivity contribution in [2.75, 3.05) is 13.1 Å². The maximum absolute atomic E-state index is 12.7. The number of sulfonamides is 1. The second kappa shape index (κ2) is 7.94. The quantitative estimate of drug-likeness (QED) is 0.822. The molecule has 0 aromatic heterocycles. The molecule has 1 aliphatic carbocycles. The van der Waals surface area contributed by atoms with Crippen molar-refractivity contribution in [2.45, 2.75) is 58.4 Å². The van der Waals surface area contributed by atoms with E-state index in [2.05, 4.69) is 9.71 Å². The molecule has 0 radical (unpaired) electrons. The van der Waals surface area contributed by atoms with Gasteiger partial charge >= 0.3 is 0 Å². The average Bonchev–Trinajstić information content (AvgIpc) is 3.30. The molecule has 3 aliphatic rings. The van der Waals surface area contributed by atoms with E-state index in [0.29, 0.717) is 35.0 Å². The van der Waals surface area contributed by atoms with Crippen LogP contribution in [0.4, 0.5) is 0 Å². The van der Waals surface area contributed by atoms with Gasteiger partial charge in [0.15, 0.2) is 0 Å². The maximum atomic E-state index is 12.7. The lowest BCUT2D eigenvalue weighted by molar-refractivity contribution is -0.125. The number of nitrogens with zero attached hydrogens (tertiary/aromatic N) is 2. The summed E-state index contributed by atoms with van der Waals surface area (Å²) in [6, 6.07) is 7.69. The molecule has 4 rings (SSSR count). The normalized spacial score (nSPS) is 22.8. The van der Waals surface area contributed by atoms with Gasteiger partial charge in [-0.3, -0.25) is 4.79 Å². The van der Waals surface area contributed by atoms with Crippen molar-refractivity contribution in [2.24, 2.45) is 10.3 Å². The summed E-state index contributed by atoms with van der Waals surface area (Å²) in [5.74, 6) is 0.931. The minimum atomic E-state index is -3.69. The predicted octanol–water partition coefficient (Wildman–Crippen LogP) is 3.24. The first-order chi connectivity index (χ1) is 13.8. The van der Waals surface area contributed by atoms with Gasteiger partial charge in [-0.25, -0.2) is 0 Å². The molecule has 6 nitrogen and oxygen atoms in total. The Kier molecular flexibility index (Phi) is 5.51. The van der Waals surface area contributed by atoms with Crippen molar-refractivity contribution in [1.82, 2.24) is 10.2 Å². The summed E-state index contributed by atoms with van der Waals surface area (Å²) in [5, 5.41) is 3.20. The first kappa shape index (κ1) is 20.1. The number of likely N-dealkylation sites (tertiary alicyclic amines) is 1. The van der Waals surface area contributed by atoms with Gasteiger partial charge in [0.1, 0.15) is 10.7 Å². The monoisotopic (exact) mass is 415 g/mol. The van der Waals surface area contributed by atoms with Gasteiger partial charge < -0.3 is 10.2 Å². The lowest BCUT2D eigenvalue weighted by atomic mass is 10.0. The molecule has 0 unspecified atom stereocenters. The third-order valence-corrected chi connectivity index (χ3v) is 7.79. The van der Waals surface area contributed by atoms with E-state index in [1.54, 1.807) is 0 Å². The Morgan fingerprint density at radius 1 is 1.03 bits per heavy atom. The number of benzene rings is 1. The molecular formula is C22H29N3O3S. The van der Waals surface area contributed by atoms with E-state index in [9.17, 15) is 13.2 Å². The molecular weight excluding hydrogens is 386 g/mol. The molecule has 0 bridgehead atoms. The fourth-order valence-corrected chi connectivity index (χ4v) is 6.11. The van der Waals surface area contributed by atoms with Gasteiger partial charge in [0.25, 0.3) is 10.0 Å². The van der Waals surface area contributed by atoms with Crippen LogP contribution in [0.15, 0.2) is 34.2 Å². The van der Waals surface area contributed by atoms with E-state index in [1.165, 1.54) is 0 Å². The fourth-order valence-electron chi connectivity index (χ4n) is 4.63. The number of nitrogens with one attached hydrogen (secondary N) is 1. The smallest absolute Gasteiger partial charge is 0.285 e. The van der Waals surface area contributed by atoms with Crippen LogP contribution in [-0.4, -0.2) is 44.2 Å². The Hall–Kier alpha value is -2.15. The molecule has 1 aromatic rings. The second-order valence-corrected chi connectivity index (χ2v) is 10.0. The van der Waals surface area contributed by atoms with Gasteiger partial charge in [0.05, 0.1) is 0 Å². The van der Waals surface area contributed by atoms with Crippen molar-refractivity contribution in [1.29, 1.82) is 0 Å². The summed E-state index contributed by atoms with van der Waals surface area (Å²) in [7, 11) is -3.69. The van der Waals surface area contributed by atoms with Crippen LogP contribution in [0.1, 0.15) is 56.6 Å². The highest BCUT2D eigenvalue weighted by molar-refractivity contribution is 8.00. The SMILES string of the molecule is CC1=C(c2ccc(C)cc2)S(=O)(=O)N=C1N1CCC(NC(=O)C2CCCC2)CC1. The van der Waals surface area contributed by atoms with Gasteiger partial charge in [0.2, 0.25) is 5.91 Å². The van der Waals surface area contributed by atoms with E-state index in [-0.39, 0.29) is 17.9 Å². The lowest BCUT2D eigenvalue weighted by Crippen LogP contribution is -2.47. The number of amides is 1. The molecule has 29 heavy (non-hydrogen) atoms. The Labute approximate surface area is 173 Å². The summed E-state index contributed by atoms with van der Waals surface area (Å²) in [4.78, 5) is 14.7. The standard InChI is InChI=1S/C22H29N3O3S/c1-15-7-9-17(10-8-15)20-16(2)21(24-29(20,27)28)25-13-11-19(12-14-25)23-22(26)18-5-3-4-6-18/h7-10,18-19H,3-6,11-14H2,1-2H3,(H,23,26). The number of aryl methyl sites for hydroxylation is 1. The molecule has 1 amide bonds. The van der Waals surface area contributed by atoms with Crippen LogP contribution in [0, 0.1) is 12.8 Å². The molecule has 0 spiro atoms. The van der Waals surface area contributed by atoms with Crippen molar-refractivity contribution >= 4 is 26.7 Å². The van der Waals surface area contributed by atoms with E-state index >= 15 is 0 Å². The molecule has 156 valence electrons. The third kappa shape index (κ3) is 4.10. The van der Waals surface area contributed by atoms with E-state index in [0.717, 1.165) is 44.1 Å². The maximum Gasteiger partial charge on any atom is 0.285 e. The Balaban J connectivity index is 1.44. The van der Waals surface area contributed by atoms with Crippen LogP contribution >= 0.6 is 0 Å². The van der Waals surface area contributed by atoms with Crippen LogP contribution in [0.5, 0.6) is 0 Å². The summed E-state index contributed by atoms with van der Waals surface area (Å²) in [6.07, 6.45) is 5.94. The largest absolute Gasteiger partial charge is 0.356 e. The van der Waals surface area contributed by atoms with Crippen molar-refractivity contribution in [3.05, 3.63) is 41.0 Å².